The van der Waals surface area contributed by atoms with Crippen molar-refractivity contribution < 1.29 is 0 Å². The van der Waals surface area contributed by atoms with Gasteiger partial charge >= 0.3 is 0 Å². The molecule has 0 aliphatic rings. The van der Waals surface area contributed by atoms with Crippen LogP contribution in [0.15, 0.2) is 176 Å². The van der Waals surface area contributed by atoms with Gasteiger partial charge in [0, 0.05) is 54.8 Å². The Hall–Kier alpha value is -6.58. The van der Waals surface area contributed by atoms with Gasteiger partial charge < -0.3 is 13.7 Å². The summed E-state index contributed by atoms with van der Waals surface area (Å²) in [7, 11) is 0. The van der Waals surface area contributed by atoms with Crippen LogP contribution in [0.2, 0.25) is 0 Å². The highest BCUT2D eigenvalue weighted by Gasteiger charge is 2.20. The van der Waals surface area contributed by atoms with Crippen LogP contribution >= 0.6 is 0 Å². The van der Waals surface area contributed by atoms with Crippen LogP contribution in [0.1, 0.15) is 0 Å². The van der Waals surface area contributed by atoms with Crippen LogP contribution < -0.4 is 0 Å². The lowest BCUT2D eigenvalue weighted by Gasteiger charge is -2.11. The molecule has 0 fully saturated rings. The first-order valence-electron chi connectivity index (χ1n) is 16.9. The van der Waals surface area contributed by atoms with Crippen molar-refractivity contribution in [1.82, 2.24) is 13.7 Å². The van der Waals surface area contributed by atoms with E-state index in [0.717, 1.165) is 5.69 Å². The molecule has 0 bridgehead atoms. The third kappa shape index (κ3) is 3.67. The molecule has 11 rings (SSSR count). The fourth-order valence-electron chi connectivity index (χ4n) is 8.32. The van der Waals surface area contributed by atoms with Crippen molar-refractivity contribution in [2.24, 2.45) is 0 Å². The van der Waals surface area contributed by atoms with Gasteiger partial charge in [-0.15, -0.1) is 0 Å². The summed E-state index contributed by atoms with van der Waals surface area (Å²) in [5, 5.41) is 10.0. The van der Waals surface area contributed by atoms with Gasteiger partial charge in [0.2, 0.25) is 0 Å². The Morgan fingerprint density at radius 1 is 0.245 bits per heavy atom. The topological polar surface area (TPSA) is 14.8 Å². The summed E-state index contributed by atoms with van der Waals surface area (Å²) < 4.78 is 7.31. The molecule has 11 aromatic rings. The number of fused-ring (bicyclic) bond motifs is 11. The standard InChI is InChI=1S/C46H29N3/c1-3-14-31(15-4-1)47-41-21-11-9-19-35(41)38-27-33(24-26-43(38)47)48-42-22-12-10-20-36(42)39-28-45-40(29-44(39)48)37-25-23-30-13-7-8-18-34(30)46(37)49(45)32-16-5-2-6-17-32/h1-29H. The van der Waals surface area contributed by atoms with Gasteiger partial charge in [-0.3, -0.25) is 0 Å². The van der Waals surface area contributed by atoms with Crippen molar-refractivity contribution >= 4 is 76.2 Å². The quantitative estimate of drug-likeness (QED) is 0.186. The summed E-state index contributed by atoms with van der Waals surface area (Å²) in [6.07, 6.45) is 0. The van der Waals surface area contributed by atoms with Crippen LogP contribution in [0.5, 0.6) is 0 Å². The zero-order chi connectivity index (χ0) is 32.1. The Balaban J connectivity index is 1.26. The van der Waals surface area contributed by atoms with Gasteiger partial charge in [0.1, 0.15) is 0 Å². The van der Waals surface area contributed by atoms with Crippen LogP contribution in [0.3, 0.4) is 0 Å². The smallest absolute Gasteiger partial charge is 0.0619 e. The number of hydrogen-bond donors (Lipinski definition) is 0. The Labute approximate surface area is 282 Å². The molecular weight excluding hydrogens is 595 g/mol. The van der Waals surface area contributed by atoms with Crippen LogP contribution in [0.25, 0.3) is 93.3 Å². The summed E-state index contributed by atoms with van der Waals surface area (Å²) in [6, 6.07) is 64.2. The van der Waals surface area contributed by atoms with Gasteiger partial charge in [-0.25, -0.2) is 0 Å². The van der Waals surface area contributed by atoms with E-state index in [1.165, 1.54) is 87.6 Å². The fourth-order valence-corrected chi connectivity index (χ4v) is 8.32. The third-order valence-corrected chi connectivity index (χ3v) is 10.4. The summed E-state index contributed by atoms with van der Waals surface area (Å²) in [5.41, 5.74) is 10.8. The highest BCUT2D eigenvalue weighted by atomic mass is 15.0. The third-order valence-electron chi connectivity index (χ3n) is 10.4. The maximum atomic E-state index is 2.46. The first-order valence-corrected chi connectivity index (χ1v) is 16.9. The Kier molecular flexibility index (Phi) is 5.38. The first-order chi connectivity index (χ1) is 24.3. The fraction of sp³-hybridized carbons (Fsp3) is 0. The summed E-state index contributed by atoms with van der Waals surface area (Å²) in [5.74, 6) is 0. The van der Waals surface area contributed by atoms with E-state index in [4.69, 9.17) is 0 Å². The largest absolute Gasteiger partial charge is 0.309 e. The minimum Gasteiger partial charge on any atom is -0.309 e. The van der Waals surface area contributed by atoms with E-state index in [-0.39, 0.29) is 0 Å². The van der Waals surface area contributed by atoms with E-state index in [1.807, 2.05) is 0 Å². The molecule has 0 atom stereocenters. The van der Waals surface area contributed by atoms with E-state index in [1.54, 1.807) is 0 Å². The van der Waals surface area contributed by atoms with E-state index in [0.29, 0.717) is 0 Å². The SMILES string of the molecule is c1ccc(-n2c3ccccc3c3cc(-n4c5ccccc5c5cc6c(cc54)c4ccc5ccccc5c4n6-c4ccccc4)ccc32)cc1. The van der Waals surface area contributed by atoms with Crippen molar-refractivity contribution in [1.29, 1.82) is 0 Å². The minimum absolute atomic E-state index is 1.16. The van der Waals surface area contributed by atoms with E-state index in [2.05, 4.69) is 190 Å². The number of nitrogens with zero attached hydrogens (tertiary/aromatic N) is 3. The zero-order valence-electron chi connectivity index (χ0n) is 26.6. The second-order valence-corrected chi connectivity index (χ2v) is 13.0. The molecule has 0 saturated heterocycles. The van der Waals surface area contributed by atoms with Crippen molar-refractivity contribution in [2.45, 2.75) is 0 Å². The number of hydrogen-bond acceptors (Lipinski definition) is 0. The van der Waals surface area contributed by atoms with Crippen molar-refractivity contribution in [3.05, 3.63) is 176 Å². The number of rotatable bonds is 3. The van der Waals surface area contributed by atoms with Crippen LogP contribution in [0, 0.1) is 0 Å². The maximum Gasteiger partial charge on any atom is 0.0619 e. The van der Waals surface area contributed by atoms with Crippen molar-refractivity contribution in [2.75, 3.05) is 0 Å². The van der Waals surface area contributed by atoms with Crippen molar-refractivity contribution in [3.63, 3.8) is 0 Å². The molecule has 0 saturated carbocycles. The van der Waals surface area contributed by atoms with E-state index in [9.17, 15) is 0 Å². The van der Waals surface area contributed by atoms with Gasteiger partial charge in [0.15, 0.2) is 0 Å². The molecular formula is C46H29N3. The molecule has 0 radical (unpaired) electrons. The average Bonchev–Trinajstić information content (AvgIpc) is 3.80. The lowest BCUT2D eigenvalue weighted by atomic mass is 10.0. The van der Waals surface area contributed by atoms with Gasteiger partial charge in [0.25, 0.3) is 0 Å². The molecule has 0 aliphatic carbocycles. The minimum atomic E-state index is 1.16. The normalized spacial score (nSPS) is 12.1. The molecule has 0 N–H and O–H groups in total. The highest BCUT2D eigenvalue weighted by molar-refractivity contribution is 6.23. The second kappa shape index (κ2) is 9.96. The first kappa shape index (κ1) is 26.5. The Morgan fingerprint density at radius 3 is 1.43 bits per heavy atom. The Morgan fingerprint density at radius 2 is 0.735 bits per heavy atom. The van der Waals surface area contributed by atoms with Crippen LogP contribution in [0.4, 0.5) is 0 Å². The molecule has 0 unspecified atom stereocenters. The molecule has 228 valence electrons. The second-order valence-electron chi connectivity index (χ2n) is 13.0. The molecule has 3 aromatic heterocycles. The molecule has 8 aromatic carbocycles. The molecule has 49 heavy (non-hydrogen) atoms. The summed E-state index contributed by atoms with van der Waals surface area (Å²) in [6.45, 7) is 0. The molecule has 3 heterocycles. The highest BCUT2D eigenvalue weighted by Crippen LogP contribution is 2.42. The summed E-state index contributed by atoms with van der Waals surface area (Å²) in [4.78, 5) is 0. The predicted molar refractivity (Wildman–Crippen MR) is 207 cm³/mol. The van der Waals surface area contributed by atoms with Crippen molar-refractivity contribution in [3.8, 4) is 17.1 Å². The van der Waals surface area contributed by atoms with Gasteiger partial charge in [-0.1, -0.05) is 109 Å². The molecule has 3 nitrogen and oxygen atoms in total. The van der Waals surface area contributed by atoms with Crippen LogP contribution in [-0.4, -0.2) is 13.7 Å². The maximum absolute atomic E-state index is 2.46. The lowest BCUT2D eigenvalue weighted by Crippen LogP contribution is -1.96. The molecule has 0 aliphatic heterocycles. The molecule has 3 heteroatoms. The van der Waals surface area contributed by atoms with Gasteiger partial charge in [-0.05, 0) is 72.1 Å². The summed E-state index contributed by atoms with van der Waals surface area (Å²) >= 11 is 0. The zero-order valence-corrected chi connectivity index (χ0v) is 26.6. The lowest BCUT2D eigenvalue weighted by molar-refractivity contribution is 1.16. The van der Waals surface area contributed by atoms with Gasteiger partial charge in [0.05, 0.1) is 33.1 Å². The number of benzene rings is 8. The predicted octanol–water partition coefficient (Wildman–Crippen LogP) is 12.1. The Bertz CT molecular complexity index is 3090. The molecule has 0 amide bonds. The number of aromatic nitrogens is 3. The van der Waals surface area contributed by atoms with Crippen LogP contribution in [-0.2, 0) is 0 Å². The van der Waals surface area contributed by atoms with E-state index < -0.39 is 0 Å². The van der Waals surface area contributed by atoms with E-state index >= 15 is 0 Å². The number of para-hydroxylation sites is 4. The van der Waals surface area contributed by atoms with Gasteiger partial charge in [-0.2, -0.15) is 0 Å². The monoisotopic (exact) mass is 623 g/mol. The molecule has 0 spiro atoms. The average molecular weight is 624 g/mol.